The van der Waals surface area contributed by atoms with E-state index < -0.39 is 0 Å². The van der Waals surface area contributed by atoms with Crippen LogP contribution in [0.15, 0.2) is 29.6 Å². The minimum absolute atomic E-state index is 0.0820. The molecule has 0 aliphatic heterocycles. The zero-order chi connectivity index (χ0) is 12.4. The van der Waals surface area contributed by atoms with Gasteiger partial charge in [-0.3, -0.25) is 4.79 Å². The van der Waals surface area contributed by atoms with Crippen LogP contribution in [0.5, 0.6) is 0 Å². The fourth-order valence-electron chi connectivity index (χ4n) is 1.53. The molecule has 0 spiro atoms. The van der Waals surface area contributed by atoms with Crippen LogP contribution in [0.4, 0.5) is 0 Å². The topological polar surface area (TPSA) is 17.1 Å². The van der Waals surface area contributed by atoms with Crippen LogP contribution in [-0.2, 0) is 6.42 Å². The van der Waals surface area contributed by atoms with Crippen molar-refractivity contribution in [2.24, 2.45) is 0 Å². The number of hydrogen-bond acceptors (Lipinski definition) is 2. The van der Waals surface area contributed by atoms with Crippen LogP contribution < -0.4 is 0 Å². The first-order valence-corrected chi connectivity index (χ1v) is 6.72. The molecule has 17 heavy (non-hydrogen) atoms. The maximum atomic E-state index is 12.0. The third kappa shape index (κ3) is 3.09. The van der Waals surface area contributed by atoms with Crippen LogP contribution >= 0.6 is 34.5 Å². The number of rotatable bonds is 3. The summed E-state index contributed by atoms with van der Waals surface area (Å²) in [6.45, 7) is 1.98. The third-order valence-electron chi connectivity index (χ3n) is 2.42. The van der Waals surface area contributed by atoms with E-state index in [2.05, 4.69) is 0 Å². The van der Waals surface area contributed by atoms with E-state index in [9.17, 15) is 4.79 Å². The fourth-order valence-corrected chi connectivity index (χ4v) is 2.71. The monoisotopic (exact) mass is 284 g/mol. The maximum Gasteiger partial charge on any atom is 0.168 e. The normalized spacial score (nSPS) is 10.5. The molecule has 0 aliphatic carbocycles. The zero-order valence-corrected chi connectivity index (χ0v) is 11.5. The first kappa shape index (κ1) is 12.6. The summed E-state index contributed by atoms with van der Waals surface area (Å²) in [6, 6.07) is 7.10. The Hall–Kier alpha value is -0.830. The van der Waals surface area contributed by atoms with E-state index in [4.69, 9.17) is 23.2 Å². The predicted molar refractivity (Wildman–Crippen MR) is 73.6 cm³/mol. The molecule has 0 N–H and O–H groups in total. The number of aryl methyl sites for hydroxylation is 1. The molecule has 0 amide bonds. The number of benzene rings is 1. The Morgan fingerprint density at radius 3 is 2.65 bits per heavy atom. The summed E-state index contributed by atoms with van der Waals surface area (Å²) in [7, 11) is 0. The highest BCUT2D eigenvalue weighted by Crippen LogP contribution is 2.23. The van der Waals surface area contributed by atoms with Gasteiger partial charge in [0, 0.05) is 32.3 Å². The van der Waals surface area contributed by atoms with Gasteiger partial charge in [0.1, 0.15) is 0 Å². The van der Waals surface area contributed by atoms with E-state index in [1.54, 1.807) is 29.5 Å². The second-order valence-corrected chi connectivity index (χ2v) is 5.74. The molecule has 0 saturated heterocycles. The number of halogens is 2. The Balaban J connectivity index is 2.18. The Bertz CT molecular complexity index is 560. The van der Waals surface area contributed by atoms with Crippen molar-refractivity contribution < 1.29 is 4.79 Å². The van der Waals surface area contributed by atoms with Crippen molar-refractivity contribution in [3.05, 3.63) is 55.7 Å². The van der Waals surface area contributed by atoms with E-state index in [-0.39, 0.29) is 5.78 Å². The van der Waals surface area contributed by atoms with Crippen LogP contribution in [-0.4, -0.2) is 5.78 Å². The van der Waals surface area contributed by atoms with E-state index in [0.717, 1.165) is 16.0 Å². The summed E-state index contributed by atoms with van der Waals surface area (Å²) < 4.78 is 0. The summed E-state index contributed by atoms with van der Waals surface area (Å²) in [6.07, 6.45) is 0.312. The molecule has 88 valence electrons. The molecule has 0 unspecified atom stereocenters. The van der Waals surface area contributed by atoms with Gasteiger partial charge < -0.3 is 0 Å². The first-order chi connectivity index (χ1) is 8.06. The largest absolute Gasteiger partial charge is 0.294 e. The molecule has 0 atom stereocenters. The molecular weight excluding hydrogens is 275 g/mol. The minimum Gasteiger partial charge on any atom is -0.294 e. The predicted octanol–water partition coefficient (Wildman–Crippen LogP) is 4.79. The number of Topliss-reactive ketones (excluding diaryl/α,β-unsaturated/α-hetero) is 1. The van der Waals surface area contributed by atoms with Crippen LogP contribution in [0.2, 0.25) is 10.0 Å². The van der Waals surface area contributed by atoms with E-state index in [1.165, 1.54) is 0 Å². The Morgan fingerprint density at radius 1 is 1.29 bits per heavy atom. The number of carbonyl (C=O) groups is 1. The average Bonchev–Trinajstić information content (AvgIpc) is 2.69. The summed E-state index contributed by atoms with van der Waals surface area (Å²) in [5.74, 6) is 0.0820. The van der Waals surface area contributed by atoms with Crippen molar-refractivity contribution in [2.75, 3.05) is 0 Å². The average molecular weight is 285 g/mol. The first-order valence-electron chi connectivity index (χ1n) is 5.08. The lowest BCUT2D eigenvalue weighted by atomic mass is 10.1. The van der Waals surface area contributed by atoms with Gasteiger partial charge in [-0.25, -0.2) is 0 Å². The molecule has 1 aromatic carbocycles. The highest BCUT2D eigenvalue weighted by molar-refractivity contribution is 7.10. The second-order valence-electron chi connectivity index (χ2n) is 3.78. The smallest absolute Gasteiger partial charge is 0.168 e. The van der Waals surface area contributed by atoms with E-state index in [1.807, 2.05) is 18.4 Å². The van der Waals surface area contributed by atoms with Gasteiger partial charge in [0.15, 0.2) is 5.78 Å². The Kier molecular flexibility index (Phi) is 3.87. The Morgan fingerprint density at radius 2 is 2.06 bits per heavy atom. The number of ketones is 1. The molecule has 0 aliphatic rings. The lowest BCUT2D eigenvalue weighted by Gasteiger charge is -2.03. The molecule has 2 aromatic rings. The van der Waals surface area contributed by atoms with Gasteiger partial charge in [0.2, 0.25) is 0 Å². The van der Waals surface area contributed by atoms with Crippen molar-refractivity contribution in [1.29, 1.82) is 0 Å². The van der Waals surface area contributed by atoms with Crippen LogP contribution in [0.3, 0.4) is 0 Å². The molecular formula is C13H10Cl2OS. The van der Waals surface area contributed by atoms with Gasteiger partial charge in [0.25, 0.3) is 0 Å². The summed E-state index contributed by atoms with van der Waals surface area (Å²) in [5, 5.41) is 3.00. The van der Waals surface area contributed by atoms with Crippen molar-refractivity contribution in [3.63, 3.8) is 0 Å². The van der Waals surface area contributed by atoms with Crippen molar-refractivity contribution >= 4 is 40.3 Å². The molecule has 2 rings (SSSR count). The highest BCUT2D eigenvalue weighted by atomic mass is 35.5. The minimum atomic E-state index is 0.0820. The molecule has 0 radical (unpaired) electrons. The lowest BCUT2D eigenvalue weighted by molar-refractivity contribution is 0.0993. The third-order valence-corrected chi connectivity index (χ3v) is 3.87. The van der Waals surface area contributed by atoms with E-state index in [0.29, 0.717) is 16.5 Å². The van der Waals surface area contributed by atoms with Gasteiger partial charge in [0.05, 0.1) is 0 Å². The van der Waals surface area contributed by atoms with Crippen molar-refractivity contribution in [1.82, 2.24) is 0 Å². The zero-order valence-electron chi connectivity index (χ0n) is 9.17. The highest BCUT2D eigenvalue weighted by Gasteiger charge is 2.11. The SMILES string of the molecule is Cc1cc(C(=O)Cc2ccc(Cl)cc2Cl)cs1. The number of hydrogen-bond donors (Lipinski definition) is 0. The summed E-state index contributed by atoms with van der Waals surface area (Å²) >= 11 is 13.4. The molecule has 1 aromatic heterocycles. The van der Waals surface area contributed by atoms with Crippen LogP contribution in [0.1, 0.15) is 20.8 Å². The summed E-state index contributed by atoms with van der Waals surface area (Å²) in [5.41, 5.74) is 1.56. The molecule has 0 saturated carbocycles. The van der Waals surface area contributed by atoms with Crippen molar-refractivity contribution in [2.45, 2.75) is 13.3 Å². The molecule has 1 heterocycles. The molecule has 0 fully saturated rings. The fraction of sp³-hybridized carbons (Fsp3) is 0.154. The Labute approximate surface area is 114 Å². The van der Waals surface area contributed by atoms with Gasteiger partial charge in [-0.1, -0.05) is 29.3 Å². The molecule has 4 heteroatoms. The van der Waals surface area contributed by atoms with Crippen LogP contribution in [0.25, 0.3) is 0 Å². The van der Waals surface area contributed by atoms with Gasteiger partial charge in [-0.15, -0.1) is 11.3 Å². The standard InChI is InChI=1S/C13H10Cl2OS/c1-8-4-10(7-17-8)13(16)5-9-2-3-11(14)6-12(9)15/h2-4,6-7H,5H2,1H3. The molecule has 0 bridgehead atoms. The van der Waals surface area contributed by atoms with Crippen LogP contribution in [0, 0.1) is 6.92 Å². The van der Waals surface area contributed by atoms with Crippen molar-refractivity contribution in [3.8, 4) is 0 Å². The quantitative estimate of drug-likeness (QED) is 0.741. The molecule has 1 nitrogen and oxygen atoms in total. The van der Waals surface area contributed by atoms with Gasteiger partial charge in [-0.2, -0.15) is 0 Å². The summed E-state index contributed by atoms with van der Waals surface area (Å²) in [4.78, 5) is 13.1. The van der Waals surface area contributed by atoms with E-state index >= 15 is 0 Å². The van der Waals surface area contributed by atoms with Gasteiger partial charge >= 0.3 is 0 Å². The maximum absolute atomic E-state index is 12.0. The number of thiophene rings is 1. The second kappa shape index (κ2) is 5.21. The van der Waals surface area contributed by atoms with Gasteiger partial charge in [-0.05, 0) is 30.7 Å². The number of carbonyl (C=O) groups excluding carboxylic acids is 1. The lowest BCUT2D eigenvalue weighted by Crippen LogP contribution is -2.02.